The lowest BCUT2D eigenvalue weighted by molar-refractivity contribution is -0.140. The Morgan fingerprint density at radius 1 is 1.15 bits per heavy atom. The Hall–Kier alpha value is -2.40. The molecule has 0 N–H and O–H groups in total. The first-order valence-corrected chi connectivity index (χ1v) is 10.4. The molecule has 2 heterocycles. The van der Waals surface area contributed by atoms with Crippen molar-refractivity contribution < 1.29 is 9.53 Å². The van der Waals surface area contributed by atoms with Gasteiger partial charge in [0.1, 0.15) is 5.75 Å². The number of ether oxygens (including phenoxy) is 1. The molecule has 1 saturated heterocycles. The van der Waals surface area contributed by atoms with Crippen LogP contribution in [0.2, 0.25) is 0 Å². The van der Waals surface area contributed by atoms with E-state index < -0.39 is 6.10 Å². The van der Waals surface area contributed by atoms with Crippen LogP contribution in [0.4, 0.5) is 0 Å². The molecule has 0 radical (unpaired) electrons. The van der Waals surface area contributed by atoms with Crippen LogP contribution in [0.1, 0.15) is 37.1 Å². The van der Waals surface area contributed by atoms with Crippen LogP contribution in [-0.4, -0.2) is 35.0 Å². The number of benzene rings is 2. The molecule has 0 bridgehead atoms. The zero-order valence-electron chi connectivity index (χ0n) is 15.5. The fourth-order valence-corrected chi connectivity index (χ4v) is 4.72. The standard InChI is InChI=1S/C22H24N2O2S/c1-2-19(26-17-8-4-3-5-9-17)22(25)24-14-12-16(13-15-24)21-23-18-10-6-7-11-20(18)27-21/h3-11,16,19H,2,12-15H2,1H3/t19-/m0/s1. The number of carbonyl (C=O) groups is 1. The number of hydrogen-bond donors (Lipinski definition) is 0. The van der Waals surface area contributed by atoms with Gasteiger partial charge in [-0.25, -0.2) is 4.98 Å². The second-order valence-corrected chi connectivity index (χ2v) is 8.01. The molecule has 1 aliphatic heterocycles. The van der Waals surface area contributed by atoms with E-state index in [1.807, 2.05) is 48.2 Å². The van der Waals surface area contributed by atoms with Crippen LogP contribution in [0.15, 0.2) is 54.6 Å². The van der Waals surface area contributed by atoms with E-state index in [9.17, 15) is 4.79 Å². The van der Waals surface area contributed by atoms with Crippen molar-refractivity contribution in [2.75, 3.05) is 13.1 Å². The zero-order chi connectivity index (χ0) is 18.6. The molecule has 0 unspecified atom stereocenters. The summed E-state index contributed by atoms with van der Waals surface area (Å²) in [5, 5.41) is 1.20. The van der Waals surface area contributed by atoms with Crippen LogP contribution < -0.4 is 4.74 Å². The lowest BCUT2D eigenvalue weighted by atomic mass is 9.97. The van der Waals surface area contributed by atoms with Crippen molar-refractivity contribution in [3.8, 4) is 5.75 Å². The van der Waals surface area contributed by atoms with Crippen LogP contribution in [0.25, 0.3) is 10.2 Å². The topological polar surface area (TPSA) is 42.4 Å². The summed E-state index contributed by atoms with van der Waals surface area (Å²) in [5.41, 5.74) is 1.08. The molecule has 140 valence electrons. The second kappa shape index (κ2) is 8.09. The third kappa shape index (κ3) is 3.98. The average molecular weight is 381 g/mol. The van der Waals surface area contributed by atoms with E-state index in [0.717, 1.165) is 37.2 Å². The molecule has 1 atom stereocenters. The highest BCUT2D eigenvalue weighted by atomic mass is 32.1. The van der Waals surface area contributed by atoms with E-state index in [1.54, 1.807) is 11.3 Å². The van der Waals surface area contributed by atoms with E-state index in [0.29, 0.717) is 12.3 Å². The number of carbonyl (C=O) groups excluding carboxylic acids is 1. The number of fused-ring (bicyclic) bond motifs is 1. The van der Waals surface area contributed by atoms with Crippen molar-refractivity contribution in [1.29, 1.82) is 0 Å². The van der Waals surface area contributed by atoms with Gasteiger partial charge in [-0.3, -0.25) is 4.79 Å². The number of rotatable bonds is 5. The van der Waals surface area contributed by atoms with Gasteiger partial charge in [0.15, 0.2) is 6.10 Å². The minimum absolute atomic E-state index is 0.101. The van der Waals surface area contributed by atoms with E-state index >= 15 is 0 Å². The van der Waals surface area contributed by atoms with Gasteiger partial charge in [-0.2, -0.15) is 0 Å². The molecule has 1 fully saturated rings. The number of likely N-dealkylation sites (tertiary alicyclic amines) is 1. The Morgan fingerprint density at radius 3 is 2.56 bits per heavy atom. The summed E-state index contributed by atoms with van der Waals surface area (Å²) in [6.07, 6.45) is 2.19. The molecule has 4 rings (SSSR count). The van der Waals surface area contributed by atoms with Gasteiger partial charge in [-0.05, 0) is 43.5 Å². The van der Waals surface area contributed by atoms with Crippen molar-refractivity contribution in [2.45, 2.75) is 38.2 Å². The number of aromatic nitrogens is 1. The molecule has 1 amide bonds. The minimum Gasteiger partial charge on any atom is -0.481 e. The predicted octanol–water partition coefficient (Wildman–Crippen LogP) is 4.86. The zero-order valence-corrected chi connectivity index (χ0v) is 16.3. The quantitative estimate of drug-likeness (QED) is 0.635. The molecular formula is C22H24N2O2S. The molecule has 27 heavy (non-hydrogen) atoms. The van der Waals surface area contributed by atoms with Crippen LogP contribution in [0.3, 0.4) is 0 Å². The van der Waals surface area contributed by atoms with Gasteiger partial charge in [0.05, 0.1) is 15.2 Å². The highest BCUT2D eigenvalue weighted by Gasteiger charge is 2.30. The first kappa shape index (κ1) is 18.0. The Labute approximate surface area is 163 Å². The lowest BCUT2D eigenvalue weighted by Crippen LogP contribution is -2.45. The molecule has 4 nitrogen and oxygen atoms in total. The fraction of sp³-hybridized carbons (Fsp3) is 0.364. The highest BCUT2D eigenvalue weighted by molar-refractivity contribution is 7.18. The molecule has 2 aromatic carbocycles. The molecule has 0 aliphatic carbocycles. The summed E-state index contributed by atoms with van der Waals surface area (Å²) in [7, 11) is 0. The summed E-state index contributed by atoms with van der Waals surface area (Å²) in [5.74, 6) is 1.30. The molecule has 3 aromatic rings. The third-order valence-electron chi connectivity index (χ3n) is 5.13. The normalized spacial score (nSPS) is 16.4. The second-order valence-electron chi connectivity index (χ2n) is 6.95. The molecule has 1 aliphatic rings. The predicted molar refractivity (Wildman–Crippen MR) is 109 cm³/mol. The smallest absolute Gasteiger partial charge is 0.263 e. The van der Waals surface area contributed by atoms with Crippen LogP contribution in [-0.2, 0) is 4.79 Å². The number of nitrogens with zero attached hydrogens (tertiary/aromatic N) is 2. The first-order valence-electron chi connectivity index (χ1n) is 9.60. The summed E-state index contributed by atoms with van der Waals surface area (Å²) in [6.45, 7) is 3.54. The minimum atomic E-state index is -0.411. The number of para-hydroxylation sites is 2. The largest absolute Gasteiger partial charge is 0.481 e. The maximum atomic E-state index is 12.9. The average Bonchev–Trinajstić information content (AvgIpc) is 3.17. The third-order valence-corrected chi connectivity index (χ3v) is 6.33. The van der Waals surface area contributed by atoms with Crippen molar-refractivity contribution in [3.05, 3.63) is 59.6 Å². The van der Waals surface area contributed by atoms with Crippen molar-refractivity contribution in [2.24, 2.45) is 0 Å². The van der Waals surface area contributed by atoms with Crippen molar-refractivity contribution in [1.82, 2.24) is 9.88 Å². The molecule has 1 aromatic heterocycles. The summed E-state index contributed by atoms with van der Waals surface area (Å²) in [4.78, 5) is 19.7. The van der Waals surface area contributed by atoms with Gasteiger partial charge in [-0.1, -0.05) is 37.3 Å². The molecule has 0 spiro atoms. The Bertz CT molecular complexity index is 868. The number of hydrogen-bond acceptors (Lipinski definition) is 4. The van der Waals surface area contributed by atoms with Gasteiger partial charge in [-0.15, -0.1) is 11.3 Å². The maximum Gasteiger partial charge on any atom is 0.263 e. The van der Waals surface area contributed by atoms with Crippen molar-refractivity contribution in [3.63, 3.8) is 0 Å². The molecular weight excluding hydrogens is 356 g/mol. The van der Waals surface area contributed by atoms with Gasteiger partial charge in [0, 0.05) is 19.0 Å². The van der Waals surface area contributed by atoms with E-state index in [1.165, 1.54) is 9.71 Å². The number of amides is 1. The number of thiazole rings is 1. The summed E-state index contributed by atoms with van der Waals surface area (Å²) >= 11 is 1.79. The maximum absolute atomic E-state index is 12.9. The van der Waals surface area contributed by atoms with E-state index in [2.05, 4.69) is 18.2 Å². The first-order chi connectivity index (χ1) is 13.2. The highest BCUT2D eigenvalue weighted by Crippen LogP contribution is 2.34. The Kier molecular flexibility index (Phi) is 5.39. The van der Waals surface area contributed by atoms with Gasteiger partial charge < -0.3 is 9.64 Å². The van der Waals surface area contributed by atoms with Crippen LogP contribution in [0.5, 0.6) is 5.75 Å². The van der Waals surface area contributed by atoms with E-state index in [4.69, 9.17) is 9.72 Å². The molecule has 0 saturated carbocycles. The molecule has 5 heteroatoms. The Balaban J connectivity index is 1.38. The van der Waals surface area contributed by atoms with E-state index in [-0.39, 0.29) is 5.91 Å². The number of piperidine rings is 1. The monoisotopic (exact) mass is 380 g/mol. The van der Waals surface area contributed by atoms with Gasteiger partial charge in [0.2, 0.25) is 0 Å². The lowest BCUT2D eigenvalue weighted by Gasteiger charge is -2.33. The van der Waals surface area contributed by atoms with Crippen LogP contribution >= 0.6 is 11.3 Å². The summed E-state index contributed by atoms with van der Waals surface area (Å²) in [6, 6.07) is 17.9. The Morgan fingerprint density at radius 2 is 1.85 bits per heavy atom. The SMILES string of the molecule is CC[C@H](Oc1ccccc1)C(=O)N1CCC(c2nc3ccccc3s2)CC1. The van der Waals surface area contributed by atoms with Crippen LogP contribution in [0, 0.1) is 0 Å². The van der Waals surface area contributed by atoms with Gasteiger partial charge in [0.25, 0.3) is 5.91 Å². The fourth-order valence-electron chi connectivity index (χ4n) is 3.59. The van der Waals surface area contributed by atoms with Gasteiger partial charge >= 0.3 is 0 Å². The summed E-state index contributed by atoms with van der Waals surface area (Å²) < 4.78 is 7.17. The van der Waals surface area contributed by atoms with Crippen molar-refractivity contribution >= 4 is 27.5 Å².